The number of hydrogen-bond donors (Lipinski definition) is 1. The molecule has 0 aromatic heterocycles. The maximum Gasteiger partial charge on any atom is 0.253 e. The van der Waals surface area contributed by atoms with Crippen molar-refractivity contribution >= 4 is 35.8 Å². The highest BCUT2D eigenvalue weighted by molar-refractivity contribution is 14.0. The topological polar surface area (TPSA) is 60.4 Å². The molecule has 32 heavy (non-hydrogen) atoms. The highest BCUT2D eigenvalue weighted by Crippen LogP contribution is 2.18. The van der Waals surface area contributed by atoms with Gasteiger partial charge in [0.05, 0.1) is 19.8 Å². The molecule has 0 spiro atoms. The van der Waals surface area contributed by atoms with E-state index in [9.17, 15) is 4.79 Å². The maximum atomic E-state index is 12.7. The fourth-order valence-corrected chi connectivity index (χ4v) is 4.80. The van der Waals surface area contributed by atoms with Crippen LogP contribution in [0.25, 0.3) is 0 Å². The quantitative estimate of drug-likeness (QED) is 0.344. The Bertz CT molecular complexity index is 745. The van der Waals surface area contributed by atoms with Gasteiger partial charge in [-0.3, -0.25) is 9.69 Å². The van der Waals surface area contributed by atoms with Crippen LogP contribution in [-0.4, -0.2) is 91.6 Å². The summed E-state index contributed by atoms with van der Waals surface area (Å²) in [4.78, 5) is 24.5. The summed E-state index contributed by atoms with van der Waals surface area (Å²) in [7, 11) is 0. The molecule has 1 unspecified atom stereocenters. The van der Waals surface area contributed by atoms with Gasteiger partial charge >= 0.3 is 0 Å². The molecule has 8 heteroatoms. The highest BCUT2D eigenvalue weighted by atomic mass is 127. The van der Waals surface area contributed by atoms with Crippen molar-refractivity contribution in [2.24, 2.45) is 4.99 Å². The third kappa shape index (κ3) is 6.57. The number of carbonyl (C=O) groups is 1. The molecule has 3 saturated heterocycles. The van der Waals surface area contributed by atoms with Crippen molar-refractivity contribution in [2.45, 2.75) is 45.2 Å². The monoisotopic (exact) mass is 555 g/mol. The van der Waals surface area contributed by atoms with Gasteiger partial charge in [0.2, 0.25) is 0 Å². The molecular formula is C24H38IN5O2. The number of hydrogen-bond acceptors (Lipinski definition) is 4. The number of piperidine rings is 1. The Morgan fingerprint density at radius 3 is 2.44 bits per heavy atom. The summed E-state index contributed by atoms with van der Waals surface area (Å²) in [6.07, 6.45) is 4.65. The summed E-state index contributed by atoms with van der Waals surface area (Å²) < 4.78 is 5.50. The number of amides is 1. The lowest BCUT2D eigenvalue weighted by molar-refractivity contribution is 0.0195. The molecule has 1 amide bonds. The van der Waals surface area contributed by atoms with Crippen molar-refractivity contribution in [3.63, 3.8) is 0 Å². The van der Waals surface area contributed by atoms with E-state index in [0.717, 1.165) is 89.0 Å². The number of likely N-dealkylation sites (tertiary alicyclic amines) is 2. The van der Waals surface area contributed by atoms with Crippen molar-refractivity contribution in [2.75, 3.05) is 59.0 Å². The van der Waals surface area contributed by atoms with Crippen molar-refractivity contribution < 1.29 is 9.53 Å². The molecule has 1 aromatic carbocycles. The van der Waals surface area contributed by atoms with Crippen LogP contribution in [0.1, 0.15) is 48.5 Å². The standard InChI is InChI=1S/C24H37N5O2.HI/c1-2-25-24(29-13-10-22(19-29)27-14-16-31-17-15-27)26-18-20-6-8-21(9-7-20)23(30)28-11-4-3-5-12-28;/h6-9,22H,2-5,10-19H2,1H3,(H,25,26);1H. The van der Waals surface area contributed by atoms with Gasteiger partial charge in [-0.05, 0) is 50.3 Å². The Balaban J connectivity index is 0.00000289. The molecule has 0 saturated carbocycles. The molecule has 4 rings (SSSR count). The van der Waals surface area contributed by atoms with Crippen molar-refractivity contribution in [1.82, 2.24) is 20.0 Å². The summed E-state index contributed by atoms with van der Waals surface area (Å²) in [5.41, 5.74) is 1.92. The number of ether oxygens (including phenoxy) is 1. The van der Waals surface area contributed by atoms with Crippen LogP contribution in [-0.2, 0) is 11.3 Å². The van der Waals surface area contributed by atoms with Crippen LogP contribution in [0.3, 0.4) is 0 Å². The number of halogens is 1. The fraction of sp³-hybridized carbons (Fsp3) is 0.667. The first-order valence-electron chi connectivity index (χ1n) is 12.0. The molecule has 3 aliphatic rings. The minimum atomic E-state index is 0. The van der Waals surface area contributed by atoms with Gasteiger partial charge in [-0.1, -0.05) is 12.1 Å². The molecular weight excluding hydrogens is 517 g/mol. The van der Waals surface area contributed by atoms with E-state index < -0.39 is 0 Å². The summed E-state index contributed by atoms with van der Waals surface area (Å²) in [5.74, 6) is 1.15. The zero-order valence-electron chi connectivity index (χ0n) is 19.3. The number of guanidine groups is 1. The Kier molecular flexibility index (Phi) is 10.1. The molecule has 1 aromatic rings. The van der Waals surface area contributed by atoms with Gasteiger partial charge in [-0.25, -0.2) is 4.99 Å². The van der Waals surface area contributed by atoms with E-state index in [1.54, 1.807) is 0 Å². The predicted molar refractivity (Wildman–Crippen MR) is 139 cm³/mol. The number of benzene rings is 1. The van der Waals surface area contributed by atoms with Crippen LogP contribution in [0.15, 0.2) is 29.3 Å². The van der Waals surface area contributed by atoms with E-state index in [-0.39, 0.29) is 29.9 Å². The number of rotatable bonds is 5. The molecule has 178 valence electrons. The Labute approximate surface area is 209 Å². The number of nitrogens with one attached hydrogen (secondary N) is 1. The van der Waals surface area contributed by atoms with E-state index in [1.165, 1.54) is 12.8 Å². The van der Waals surface area contributed by atoms with Crippen molar-refractivity contribution in [3.05, 3.63) is 35.4 Å². The molecule has 7 nitrogen and oxygen atoms in total. The van der Waals surface area contributed by atoms with Crippen LogP contribution in [0.4, 0.5) is 0 Å². The van der Waals surface area contributed by atoms with Gasteiger partial charge in [-0.2, -0.15) is 0 Å². The number of morpholine rings is 1. The summed E-state index contributed by atoms with van der Waals surface area (Å²) in [5, 5.41) is 3.46. The largest absolute Gasteiger partial charge is 0.379 e. The minimum Gasteiger partial charge on any atom is -0.379 e. The Morgan fingerprint density at radius 1 is 1.03 bits per heavy atom. The summed E-state index contributed by atoms with van der Waals surface area (Å²) in [6.45, 7) is 11.2. The first kappa shape index (κ1) is 25.2. The fourth-order valence-electron chi connectivity index (χ4n) is 4.80. The highest BCUT2D eigenvalue weighted by Gasteiger charge is 2.30. The van der Waals surface area contributed by atoms with Crippen molar-refractivity contribution in [3.8, 4) is 0 Å². The second-order valence-corrected chi connectivity index (χ2v) is 8.76. The molecule has 0 bridgehead atoms. The first-order chi connectivity index (χ1) is 15.2. The molecule has 3 aliphatic heterocycles. The lowest BCUT2D eigenvalue weighted by Crippen LogP contribution is -2.46. The van der Waals surface area contributed by atoms with Crippen LogP contribution >= 0.6 is 24.0 Å². The van der Waals surface area contributed by atoms with Gasteiger partial charge in [0.15, 0.2) is 5.96 Å². The van der Waals surface area contributed by atoms with Gasteiger partial charge in [-0.15, -0.1) is 24.0 Å². The predicted octanol–water partition coefficient (Wildman–Crippen LogP) is 2.80. The average molecular weight is 556 g/mol. The van der Waals surface area contributed by atoms with E-state index in [4.69, 9.17) is 9.73 Å². The maximum absolute atomic E-state index is 12.7. The third-order valence-electron chi connectivity index (χ3n) is 6.62. The second-order valence-electron chi connectivity index (χ2n) is 8.76. The first-order valence-corrected chi connectivity index (χ1v) is 12.0. The third-order valence-corrected chi connectivity index (χ3v) is 6.62. The molecule has 0 aliphatic carbocycles. The van der Waals surface area contributed by atoms with Crippen LogP contribution in [0, 0.1) is 0 Å². The van der Waals surface area contributed by atoms with Crippen LogP contribution in [0.5, 0.6) is 0 Å². The second kappa shape index (κ2) is 12.7. The molecule has 0 radical (unpaired) electrons. The molecule has 1 atom stereocenters. The Hall–Kier alpha value is -1.39. The van der Waals surface area contributed by atoms with Gasteiger partial charge in [0.1, 0.15) is 0 Å². The number of nitrogens with zero attached hydrogens (tertiary/aromatic N) is 4. The number of aliphatic imine (C=N–C) groups is 1. The van der Waals surface area contributed by atoms with E-state index in [0.29, 0.717) is 12.6 Å². The molecule has 3 heterocycles. The SMILES string of the molecule is CCNC(=NCc1ccc(C(=O)N2CCCCC2)cc1)N1CCC(N2CCOCC2)C1.I. The van der Waals surface area contributed by atoms with Crippen LogP contribution in [0.2, 0.25) is 0 Å². The van der Waals surface area contributed by atoms with Crippen LogP contribution < -0.4 is 5.32 Å². The lowest BCUT2D eigenvalue weighted by atomic mass is 10.1. The van der Waals surface area contributed by atoms with Gasteiger partial charge < -0.3 is 19.9 Å². The van der Waals surface area contributed by atoms with E-state index in [1.807, 2.05) is 29.2 Å². The normalized spacial score (nSPS) is 22.5. The van der Waals surface area contributed by atoms with Crippen molar-refractivity contribution in [1.29, 1.82) is 0 Å². The van der Waals surface area contributed by atoms with Gasteiger partial charge in [0, 0.05) is 57.4 Å². The number of carbonyl (C=O) groups excluding carboxylic acids is 1. The van der Waals surface area contributed by atoms with Gasteiger partial charge in [0.25, 0.3) is 5.91 Å². The lowest BCUT2D eigenvalue weighted by Gasteiger charge is -2.32. The smallest absolute Gasteiger partial charge is 0.253 e. The molecule has 1 N–H and O–H groups in total. The minimum absolute atomic E-state index is 0. The van der Waals surface area contributed by atoms with E-state index >= 15 is 0 Å². The summed E-state index contributed by atoms with van der Waals surface area (Å²) in [6, 6.07) is 8.60. The Morgan fingerprint density at radius 2 is 1.75 bits per heavy atom. The zero-order chi connectivity index (χ0) is 21.5. The zero-order valence-corrected chi connectivity index (χ0v) is 21.6. The molecule has 3 fully saturated rings. The average Bonchev–Trinajstić information content (AvgIpc) is 3.33. The van der Waals surface area contributed by atoms with E-state index in [2.05, 4.69) is 22.0 Å². The summed E-state index contributed by atoms with van der Waals surface area (Å²) >= 11 is 0.